The number of anilines is 4. The van der Waals surface area contributed by atoms with Crippen LogP contribution >= 0.6 is 11.6 Å². The van der Waals surface area contributed by atoms with Gasteiger partial charge >= 0.3 is 0 Å². The Hall–Kier alpha value is -3.68. The Balaban J connectivity index is 1.26. The maximum atomic E-state index is 10.5. The van der Waals surface area contributed by atoms with Gasteiger partial charge in [0.25, 0.3) is 17.4 Å². The lowest BCUT2D eigenvalue weighted by molar-refractivity contribution is -0.167. The molecule has 0 unspecified atom stereocenters. The van der Waals surface area contributed by atoms with Gasteiger partial charge in [0.05, 0.1) is 58.6 Å². The molecule has 0 amide bonds. The van der Waals surface area contributed by atoms with E-state index in [-0.39, 0.29) is 17.3 Å². The van der Waals surface area contributed by atoms with Crippen molar-refractivity contribution in [1.29, 1.82) is 5.26 Å². The molecule has 0 bridgehead atoms. The molecule has 1 aromatic carbocycles. The van der Waals surface area contributed by atoms with Gasteiger partial charge in [-0.3, -0.25) is 4.90 Å². The predicted molar refractivity (Wildman–Crippen MR) is 151 cm³/mol. The summed E-state index contributed by atoms with van der Waals surface area (Å²) >= 11 is 6.94. The number of hydrogen-bond donors (Lipinski definition) is 3. The molecular weight excluding hydrogens is 532 g/mol. The number of rotatable bonds is 8. The molecule has 13 heteroatoms. The van der Waals surface area contributed by atoms with Gasteiger partial charge in [0.2, 0.25) is 0 Å². The van der Waals surface area contributed by atoms with Crippen molar-refractivity contribution in [3.05, 3.63) is 40.3 Å². The van der Waals surface area contributed by atoms with Crippen LogP contribution in [0.5, 0.6) is 0 Å². The van der Waals surface area contributed by atoms with E-state index < -0.39 is 5.60 Å². The largest absolute Gasteiger partial charge is 0.390 e. The lowest BCUT2D eigenvalue weighted by Gasteiger charge is -2.54. The lowest BCUT2D eigenvalue weighted by atomic mass is 9.82. The molecule has 0 atom stereocenters. The van der Waals surface area contributed by atoms with Crippen LogP contribution in [0.25, 0.3) is 10.5 Å². The zero-order chi connectivity index (χ0) is 28.1. The number of fused-ring (bicyclic) bond motifs is 1. The molecule has 208 valence electrons. The summed E-state index contributed by atoms with van der Waals surface area (Å²) in [5.74, 6) is 1.05. The van der Waals surface area contributed by atoms with Crippen molar-refractivity contribution >= 4 is 46.2 Å². The van der Waals surface area contributed by atoms with E-state index in [1.165, 1.54) is 10.7 Å². The van der Waals surface area contributed by atoms with Gasteiger partial charge in [-0.1, -0.05) is 23.3 Å². The molecule has 1 saturated carbocycles. The first kappa shape index (κ1) is 26.5. The molecule has 2 aliphatic heterocycles. The van der Waals surface area contributed by atoms with E-state index in [9.17, 15) is 10.4 Å². The third-order valence-electron chi connectivity index (χ3n) is 7.60. The smallest absolute Gasteiger partial charge is 0.275 e. The van der Waals surface area contributed by atoms with Crippen LogP contribution in [0, 0.1) is 17.9 Å². The number of piperazine rings is 1. The minimum absolute atomic E-state index is 0.158. The summed E-state index contributed by atoms with van der Waals surface area (Å²) in [7, 11) is 0. The maximum Gasteiger partial charge on any atom is 0.275 e. The first-order valence-corrected chi connectivity index (χ1v) is 13.8. The highest BCUT2D eigenvalue weighted by atomic mass is 35.5. The molecule has 40 heavy (non-hydrogen) atoms. The molecule has 3 N–H and O–H groups in total. The summed E-state index contributed by atoms with van der Waals surface area (Å²) in [6.45, 7) is 15.4. The van der Waals surface area contributed by atoms with Crippen molar-refractivity contribution in [1.82, 2.24) is 24.5 Å². The fourth-order valence-corrected chi connectivity index (χ4v) is 5.87. The molecule has 4 heterocycles. The molecular formula is C27H31ClN10O2. The zero-order valence-electron chi connectivity index (χ0n) is 22.5. The fourth-order valence-electron chi connectivity index (χ4n) is 5.59. The fraction of sp³-hybridized carbons (Fsp3) is 0.519. The highest BCUT2D eigenvalue weighted by Gasteiger charge is 2.47. The van der Waals surface area contributed by atoms with Crippen LogP contribution in [0.4, 0.5) is 29.0 Å². The number of halogens is 1. The Kier molecular flexibility index (Phi) is 6.67. The number of ether oxygens (including phenoxy) is 1. The quantitative estimate of drug-likeness (QED) is 0.350. The van der Waals surface area contributed by atoms with Crippen molar-refractivity contribution < 1.29 is 9.84 Å². The van der Waals surface area contributed by atoms with E-state index in [4.69, 9.17) is 22.9 Å². The number of aromatic nitrogens is 4. The summed E-state index contributed by atoms with van der Waals surface area (Å²) < 4.78 is 7.03. The highest BCUT2D eigenvalue weighted by Crippen LogP contribution is 2.39. The summed E-state index contributed by atoms with van der Waals surface area (Å²) in [6.07, 6.45) is 4.22. The van der Waals surface area contributed by atoms with Crippen LogP contribution < -0.4 is 15.5 Å². The molecule has 3 fully saturated rings. The normalized spacial score (nSPS) is 19.1. The first-order chi connectivity index (χ1) is 19.2. The minimum Gasteiger partial charge on any atom is -0.390 e. The Labute approximate surface area is 237 Å². The van der Waals surface area contributed by atoms with Crippen molar-refractivity contribution in [2.75, 3.05) is 54.9 Å². The zero-order valence-corrected chi connectivity index (χ0v) is 23.2. The van der Waals surface area contributed by atoms with Gasteiger partial charge in [-0.05, 0) is 45.2 Å². The Bertz CT molecular complexity index is 1520. The Morgan fingerprint density at radius 3 is 2.62 bits per heavy atom. The number of nitriles is 1. The molecule has 6 rings (SSSR count). The topological polar surface area (TPSA) is 131 Å². The van der Waals surface area contributed by atoms with Crippen LogP contribution in [0.2, 0.25) is 5.02 Å². The molecule has 3 aliphatic rings. The second-order valence-corrected chi connectivity index (χ2v) is 11.8. The van der Waals surface area contributed by atoms with Gasteiger partial charge in [-0.25, -0.2) is 4.98 Å². The van der Waals surface area contributed by atoms with Crippen LogP contribution in [-0.4, -0.2) is 86.2 Å². The highest BCUT2D eigenvalue weighted by molar-refractivity contribution is 6.36. The average Bonchev–Trinajstić information content (AvgIpc) is 3.63. The number of nitrogens with one attached hydrogen (secondary N) is 2. The number of benzene rings is 1. The second-order valence-electron chi connectivity index (χ2n) is 11.4. The van der Waals surface area contributed by atoms with Gasteiger partial charge < -0.3 is 30.2 Å². The standard InChI is InChI=1S/C27H31ClN10O2/c1-26(2,39)14-27(15-40-16-27)37-8-6-36(7-9-37)20-11-17(12-29)10-19(22(20)28)33-25-34-23(32-18-4-5-18)24-31-13-21(30-3)38(24)35-25/h10-11,13,18,39H,4-9,14-16H2,1-2H3,(H2,32,33,34,35). The van der Waals surface area contributed by atoms with Crippen LogP contribution in [-0.2, 0) is 4.74 Å². The number of imidazole rings is 1. The van der Waals surface area contributed by atoms with Crippen molar-refractivity contribution in [3.63, 3.8) is 0 Å². The van der Waals surface area contributed by atoms with Gasteiger partial charge in [0, 0.05) is 32.2 Å². The molecule has 12 nitrogen and oxygen atoms in total. The monoisotopic (exact) mass is 562 g/mol. The van der Waals surface area contributed by atoms with E-state index in [0.29, 0.717) is 66.5 Å². The third kappa shape index (κ3) is 5.11. The summed E-state index contributed by atoms with van der Waals surface area (Å²) in [6, 6.07) is 6.04. The summed E-state index contributed by atoms with van der Waals surface area (Å²) in [5.41, 5.74) is 1.26. The Morgan fingerprint density at radius 1 is 1.27 bits per heavy atom. The summed E-state index contributed by atoms with van der Waals surface area (Å²) in [5, 5.41) is 31.8. The SMILES string of the molecule is [C-]#[N+]c1cnc2c(NC3CC3)nc(Nc3cc(C#N)cc(N4CCN(C5(CC(C)(C)O)COC5)CC4)c3Cl)nn12. The van der Waals surface area contributed by atoms with Gasteiger partial charge in [0.15, 0.2) is 5.82 Å². The van der Waals surface area contributed by atoms with Crippen molar-refractivity contribution in [2.45, 2.75) is 50.3 Å². The van der Waals surface area contributed by atoms with Gasteiger partial charge in [-0.2, -0.15) is 10.2 Å². The van der Waals surface area contributed by atoms with E-state index >= 15 is 0 Å². The molecule has 2 saturated heterocycles. The van der Waals surface area contributed by atoms with E-state index in [1.807, 2.05) is 13.8 Å². The Morgan fingerprint density at radius 2 is 2.02 bits per heavy atom. The maximum absolute atomic E-state index is 10.5. The molecule has 0 radical (unpaired) electrons. The lowest BCUT2D eigenvalue weighted by Crippen LogP contribution is -2.68. The van der Waals surface area contributed by atoms with Gasteiger partial charge in [-0.15, -0.1) is 4.52 Å². The van der Waals surface area contributed by atoms with Crippen LogP contribution in [0.1, 0.15) is 38.7 Å². The minimum atomic E-state index is -0.780. The average molecular weight is 563 g/mol. The second kappa shape index (κ2) is 10.1. The van der Waals surface area contributed by atoms with Gasteiger partial charge in [0.1, 0.15) is 0 Å². The van der Waals surface area contributed by atoms with Crippen molar-refractivity contribution in [2.24, 2.45) is 0 Å². The van der Waals surface area contributed by atoms with E-state index in [1.54, 1.807) is 12.1 Å². The third-order valence-corrected chi connectivity index (χ3v) is 8.00. The van der Waals surface area contributed by atoms with Crippen LogP contribution in [0.3, 0.4) is 0 Å². The predicted octanol–water partition coefficient (Wildman–Crippen LogP) is 3.57. The molecule has 0 spiro atoms. The van der Waals surface area contributed by atoms with Crippen molar-refractivity contribution in [3.8, 4) is 6.07 Å². The molecule has 3 aromatic rings. The van der Waals surface area contributed by atoms with Crippen LogP contribution in [0.15, 0.2) is 18.3 Å². The number of hydrogen-bond acceptors (Lipinski definition) is 10. The van der Waals surface area contributed by atoms with E-state index in [2.05, 4.69) is 46.4 Å². The number of aliphatic hydroxyl groups is 1. The number of nitrogens with zero attached hydrogens (tertiary/aromatic N) is 8. The summed E-state index contributed by atoms with van der Waals surface area (Å²) in [4.78, 5) is 17.1. The molecule has 2 aromatic heterocycles. The molecule has 1 aliphatic carbocycles. The first-order valence-electron chi connectivity index (χ1n) is 13.4. The van der Waals surface area contributed by atoms with E-state index in [0.717, 1.165) is 31.6 Å².